The first kappa shape index (κ1) is 6.49. The maximum absolute atomic E-state index is 12.2. The molecule has 0 unspecified atom stereocenters. The van der Waals surface area contributed by atoms with Crippen LogP contribution in [0.15, 0.2) is 24.3 Å². The van der Waals surface area contributed by atoms with Crippen LogP contribution in [0.25, 0.3) is 0 Å². The second-order valence-corrected chi connectivity index (χ2v) is 3.50. The molecule has 0 bridgehead atoms. The standard InChI is InChI=1S/C7H9FSi/c1-9-7-4-2-6(8)3-5-7/h2-5H,9H2,1H3. The first-order valence-corrected chi connectivity index (χ1v) is 5.19. The second-order valence-electron chi connectivity index (χ2n) is 1.98. The molecule has 0 atom stereocenters. The van der Waals surface area contributed by atoms with Crippen LogP contribution in [0.5, 0.6) is 0 Å². The van der Waals surface area contributed by atoms with Gasteiger partial charge in [0, 0.05) is 0 Å². The van der Waals surface area contributed by atoms with E-state index >= 15 is 0 Å². The third kappa shape index (κ3) is 1.64. The molecule has 0 N–H and O–H groups in total. The fourth-order valence-corrected chi connectivity index (χ4v) is 1.43. The van der Waals surface area contributed by atoms with Gasteiger partial charge in [-0.25, -0.2) is 4.39 Å². The average Bonchev–Trinajstić information content (AvgIpc) is 1.90. The predicted octanol–water partition coefficient (Wildman–Crippen LogP) is 0.668. The molecule has 0 aliphatic carbocycles. The predicted molar refractivity (Wildman–Crippen MR) is 40.4 cm³/mol. The third-order valence-electron chi connectivity index (χ3n) is 1.32. The first-order valence-electron chi connectivity index (χ1n) is 3.07. The minimum atomic E-state index is -0.138. The van der Waals surface area contributed by atoms with E-state index < -0.39 is 0 Å². The highest BCUT2D eigenvalue weighted by atomic mass is 28.2. The molecule has 0 aliphatic heterocycles. The molecule has 48 valence electrons. The van der Waals surface area contributed by atoms with Crippen LogP contribution in [0.2, 0.25) is 6.55 Å². The van der Waals surface area contributed by atoms with Crippen molar-refractivity contribution in [2.45, 2.75) is 6.55 Å². The Kier molecular flexibility index (Phi) is 2.00. The Morgan fingerprint density at radius 2 is 1.78 bits per heavy atom. The van der Waals surface area contributed by atoms with Crippen LogP contribution in [0.4, 0.5) is 4.39 Å². The van der Waals surface area contributed by atoms with Crippen molar-refractivity contribution in [1.29, 1.82) is 0 Å². The SMILES string of the molecule is C[SiH2]c1ccc(F)cc1. The summed E-state index contributed by atoms with van der Waals surface area (Å²) in [5, 5.41) is 1.32. The molecular weight excluding hydrogens is 131 g/mol. The van der Waals surface area contributed by atoms with Gasteiger partial charge in [-0.2, -0.15) is 0 Å². The molecular formula is C7H9FSi. The lowest BCUT2D eigenvalue weighted by Crippen LogP contribution is -2.08. The molecule has 0 radical (unpaired) electrons. The summed E-state index contributed by atoms with van der Waals surface area (Å²) in [6.45, 7) is 2.19. The lowest BCUT2D eigenvalue weighted by atomic mass is 10.3. The van der Waals surface area contributed by atoms with E-state index in [4.69, 9.17) is 0 Å². The largest absolute Gasteiger partial charge is 0.207 e. The summed E-state index contributed by atoms with van der Waals surface area (Å²) in [5.41, 5.74) is 0. The highest BCUT2D eigenvalue weighted by Crippen LogP contribution is 1.90. The summed E-state index contributed by atoms with van der Waals surface area (Å²) in [6.07, 6.45) is 0. The van der Waals surface area contributed by atoms with Crippen molar-refractivity contribution in [2.24, 2.45) is 0 Å². The van der Waals surface area contributed by atoms with Crippen molar-refractivity contribution in [3.8, 4) is 0 Å². The average molecular weight is 140 g/mol. The fourth-order valence-electron chi connectivity index (χ4n) is 0.720. The van der Waals surface area contributed by atoms with Gasteiger partial charge in [-0.1, -0.05) is 23.9 Å². The second kappa shape index (κ2) is 2.78. The number of benzene rings is 1. The van der Waals surface area contributed by atoms with Gasteiger partial charge in [0.25, 0.3) is 0 Å². The first-order chi connectivity index (χ1) is 4.33. The van der Waals surface area contributed by atoms with E-state index in [0.717, 1.165) is 0 Å². The molecule has 1 rings (SSSR count). The van der Waals surface area contributed by atoms with Gasteiger partial charge in [-0.3, -0.25) is 0 Å². The zero-order valence-electron chi connectivity index (χ0n) is 5.39. The number of halogens is 1. The summed E-state index contributed by atoms with van der Waals surface area (Å²) in [7, 11) is -0.0914. The molecule has 0 aliphatic rings. The highest BCUT2D eigenvalue weighted by Gasteiger charge is 1.88. The third-order valence-corrected chi connectivity index (χ3v) is 2.61. The van der Waals surface area contributed by atoms with E-state index in [-0.39, 0.29) is 15.3 Å². The normalized spacial score (nSPS) is 10.9. The Morgan fingerprint density at radius 3 is 2.22 bits per heavy atom. The quantitative estimate of drug-likeness (QED) is 0.503. The van der Waals surface area contributed by atoms with Gasteiger partial charge >= 0.3 is 0 Å². The molecule has 0 fully saturated rings. The van der Waals surface area contributed by atoms with E-state index in [1.165, 1.54) is 17.3 Å². The van der Waals surface area contributed by atoms with Gasteiger partial charge in [-0.05, 0) is 12.1 Å². The smallest absolute Gasteiger partial charge is 0.123 e. The number of hydrogen-bond acceptors (Lipinski definition) is 0. The Bertz CT molecular complexity index is 181. The number of rotatable bonds is 1. The molecule has 2 heteroatoms. The van der Waals surface area contributed by atoms with Crippen LogP contribution in [0.1, 0.15) is 0 Å². The summed E-state index contributed by atoms with van der Waals surface area (Å²) < 4.78 is 12.2. The molecule has 0 heterocycles. The van der Waals surface area contributed by atoms with Crippen molar-refractivity contribution < 1.29 is 4.39 Å². The van der Waals surface area contributed by atoms with Gasteiger partial charge in [0.15, 0.2) is 0 Å². The zero-order valence-corrected chi connectivity index (χ0v) is 6.81. The van der Waals surface area contributed by atoms with Crippen molar-refractivity contribution >= 4 is 14.7 Å². The molecule has 0 nitrogen and oxygen atoms in total. The van der Waals surface area contributed by atoms with Crippen LogP contribution in [0, 0.1) is 5.82 Å². The van der Waals surface area contributed by atoms with Gasteiger partial charge < -0.3 is 0 Å². The minimum Gasteiger partial charge on any atom is -0.207 e. The summed E-state index contributed by atoms with van der Waals surface area (Å²) in [6, 6.07) is 6.76. The molecule has 0 saturated carbocycles. The van der Waals surface area contributed by atoms with E-state index in [1.807, 2.05) is 12.1 Å². The maximum Gasteiger partial charge on any atom is 0.123 e. The zero-order chi connectivity index (χ0) is 6.69. The lowest BCUT2D eigenvalue weighted by Gasteiger charge is -1.91. The van der Waals surface area contributed by atoms with Crippen molar-refractivity contribution in [3.63, 3.8) is 0 Å². The molecule has 1 aromatic carbocycles. The molecule has 1 aromatic rings. The Morgan fingerprint density at radius 1 is 1.22 bits per heavy atom. The molecule has 9 heavy (non-hydrogen) atoms. The van der Waals surface area contributed by atoms with Crippen LogP contribution in [-0.2, 0) is 0 Å². The van der Waals surface area contributed by atoms with Gasteiger partial charge in [0.1, 0.15) is 5.82 Å². The molecule has 0 spiro atoms. The molecule has 0 aromatic heterocycles. The minimum absolute atomic E-state index is 0.0914. The van der Waals surface area contributed by atoms with Crippen molar-refractivity contribution in [1.82, 2.24) is 0 Å². The van der Waals surface area contributed by atoms with Crippen molar-refractivity contribution in [3.05, 3.63) is 30.1 Å². The topological polar surface area (TPSA) is 0 Å². The van der Waals surface area contributed by atoms with Gasteiger partial charge in [-0.15, -0.1) is 0 Å². The number of hydrogen-bond donors (Lipinski definition) is 0. The van der Waals surface area contributed by atoms with Crippen LogP contribution < -0.4 is 5.19 Å². The summed E-state index contributed by atoms with van der Waals surface area (Å²) >= 11 is 0. The molecule has 0 amide bonds. The van der Waals surface area contributed by atoms with Crippen molar-refractivity contribution in [2.75, 3.05) is 0 Å². The Balaban J connectivity index is 2.88. The lowest BCUT2D eigenvalue weighted by molar-refractivity contribution is 0.628. The van der Waals surface area contributed by atoms with E-state index in [9.17, 15) is 4.39 Å². The molecule has 0 saturated heterocycles. The summed E-state index contributed by atoms with van der Waals surface area (Å²) in [5.74, 6) is -0.138. The maximum atomic E-state index is 12.2. The monoisotopic (exact) mass is 140 g/mol. The Hall–Kier alpha value is -0.633. The Labute approximate surface area is 56.5 Å². The van der Waals surface area contributed by atoms with E-state index in [2.05, 4.69) is 6.55 Å². The fraction of sp³-hybridized carbons (Fsp3) is 0.143. The van der Waals surface area contributed by atoms with E-state index in [0.29, 0.717) is 0 Å². The van der Waals surface area contributed by atoms with Gasteiger partial charge in [0.05, 0.1) is 9.52 Å². The van der Waals surface area contributed by atoms with Crippen LogP contribution in [0.3, 0.4) is 0 Å². The van der Waals surface area contributed by atoms with Crippen LogP contribution >= 0.6 is 0 Å². The van der Waals surface area contributed by atoms with Crippen LogP contribution in [-0.4, -0.2) is 9.52 Å². The summed E-state index contributed by atoms with van der Waals surface area (Å²) in [4.78, 5) is 0. The van der Waals surface area contributed by atoms with Gasteiger partial charge in [0.2, 0.25) is 0 Å². The van der Waals surface area contributed by atoms with E-state index in [1.54, 1.807) is 0 Å². The highest BCUT2D eigenvalue weighted by molar-refractivity contribution is 6.51.